The van der Waals surface area contributed by atoms with Crippen LogP contribution in [0.5, 0.6) is 0 Å². The van der Waals surface area contributed by atoms with Crippen molar-refractivity contribution in [3.05, 3.63) is 35.5 Å². The van der Waals surface area contributed by atoms with E-state index in [1.165, 1.54) is 5.56 Å². The fraction of sp³-hybridized carbons (Fsp3) is 0.500. The van der Waals surface area contributed by atoms with Gasteiger partial charge in [-0.2, -0.15) is 0 Å². The standard InChI is InChI=1S/C16H25N3O2S/c1-4-19(5-2)9-8-14-11-18(3)16-7-6-13(10-15(14)16)12-22(17,20)21/h6-7,10-11H,4-5,8-9,12H2,1-3H3,(H2,17,20,21). The number of sulfonamides is 1. The van der Waals surface area contributed by atoms with E-state index in [0.717, 1.165) is 42.5 Å². The molecule has 6 heteroatoms. The van der Waals surface area contributed by atoms with Crippen molar-refractivity contribution >= 4 is 20.9 Å². The molecule has 5 nitrogen and oxygen atoms in total. The van der Waals surface area contributed by atoms with Gasteiger partial charge < -0.3 is 9.47 Å². The number of fused-ring (bicyclic) bond motifs is 1. The SMILES string of the molecule is CCN(CC)CCc1cn(C)c2ccc(CS(N)(=O)=O)cc12. The number of nitrogens with zero attached hydrogens (tertiary/aromatic N) is 2. The summed E-state index contributed by atoms with van der Waals surface area (Å²) in [6, 6.07) is 5.76. The largest absolute Gasteiger partial charge is 0.350 e. The maximum absolute atomic E-state index is 11.3. The highest BCUT2D eigenvalue weighted by Crippen LogP contribution is 2.23. The van der Waals surface area contributed by atoms with Crippen LogP contribution in [0.15, 0.2) is 24.4 Å². The van der Waals surface area contributed by atoms with Crippen LogP contribution in [0.25, 0.3) is 10.9 Å². The van der Waals surface area contributed by atoms with Crippen LogP contribution >= 0.6 is 0 Å². The van der Waals surface area contributed by atoms with Crippen LogP contribution in [0.2, 0.25) is 0 Å². The number of aryl methyl sites for hydroxylation is 1. The Bertz CT molecular complexity index is 746. The van der Waals surface area contributed by atoms with Crippen molar-refractivity contribution in [2.24, 2.45) is 12.2 Å². The molecule has 0 bridgehead atoms. The fourth-order valence-corrected chi connectivity index (χ4v) is 3.50. The summed E-state index contributed by atoms with van der Waals surface area (Å²) in [5, 5.41) is 6.27. The number of hydrogen-bond acceptors (Lipinski definition) is 3. The van der Waals surface area contributed by atoms with Crippen molar-refractivity contribution in [1.29, 1.82) is 0 Å². The monoisotopic (exact) mass is 323 g/mol. The maximum Gasteiger partial charge on any atom is 0.213 e. The second-order valence-corrected chi connectivity index (χ2v) is 7.32. The lowest BCUT2D eigenvalue weighted by Crippen LogP contribution is -2.25. The van der Waals surface area contributed by atoms with Crippen molar-refractivity contribution in [2.75, 3.05) is 19.6 Å². The average Bonchev–Trinajstić information content (AvgIpc) is 2.74. The van der Waals surface area contributed by atoms with Crippen LogP contribution in [0.4, 0.5) is 0 Å². The van der Waals surface area contributed by atoms with Crippen molar-refractivity contribution in [3.8, 4) is 0 Å². The van der Waals surface area contributed by atoms with Gasteiger partial charge in [-0.3, -0.25) is 0 Å². The van der Waals surface area contributed by atoms with Crippen molar-refractivity contribution in [3.63, 3.8) is 0 Å². The molecular weight excluding hydrogens is 298 g/mol. The van der Waals surface area contributed by atoms with Gasteiger partial charge in [0, 0.05) is 30.7 Å². The molecule has 122 valence electrons. The zero-order valence-corrected chi connectivity index (χ0v) is 14.4. The smallest absolute Gasteiger partial charge is 0.213 e. The summed E-state index contributed by atoms with van der Waals surface area (Å²) in [7, 11) is -1.48. The number of hydrogen-bond donors (Lipinski definition) is 1. The Labute approximate surface area is 132 Å². The van der Waals surface area contributed by atoms with Gasteiger partial charge in [-0.15, -0.1) is 0 Å². The Morgan fingerprint density at radius 1 is 1.23 bits per heavy atom. The summed E-state index contributed by atoms with van der Waals surface area (Å²) in [5.74, 6) is -0.118. The molecule has 0 aliphatic rings. The van der Waals surface area contributed by atoms with E-state index < -0.39 is 10.0 Å². The molecule has 1 heterocycles. The van der Waals surface area contributed by atoms with Gasteiger partial charge in [-0.1, -0.05) is 19.9 Å². The first-order valence-electron chi connectivity index (χ1n) is 7.63. The molecular formula is C16H25N3O2S. The molecule has 2 aromatic rings. The topological polar surface area (TPSA) is 68.3 Å². The predicted octanol–water partition coefficient (Wildman–Crippen LogP) is 1.85. The summed E-state index contributed by atoms with van der Waals surface area (Å²) in [6.07, 6.45) is 3.09. The van der Waals surface area contributed by atoms with Gasteiger partial charge in [0.2, 0.25) is 10.0 Å². The number of benzene rings is 1. The molecule has 2 N–H and O–H groups in total. The number of likely N-dealkylation sites (N-methyl/N-ethyl adjacent to an activating group) is 1. The van der Waals surface area contributed by atoms with E-state index in [4.69, 9.17) is 5.14 Å². The fourth-order valence-electron chi connectivity index (χ4n) is 2.86. The molecule has 1 aromatic carbocycles. The van der Waals surface area contributed by atoms with Crippen molar-refractivity contribution in [2.45, 2.75) is 26.0 Å². The lowest BCUT2D eigenvalue weighted by molar-refractivity contribution is 0.308. The quantitative estimate of drug-likeness (QED) is 0.845. The third-order valence-electron chi connectivity index (χ3n) is 4.10. The Balaban J connectivity index is 2.31. The summed E-state index contributed by atoms with van der Waals surface area (Å²) in [5.41, 5.74) is 3.11. The zero-order chi connectivity index (χ0) is 16.3. The summed E-state index contributed by atoms with van der Waals surface area (Å²) in [6.45, 7) is 7.41. The minimum Gasteiger partial charge on any atom is -0.350 e. The normalized spacial score (nSPS) is 12.4. The number of primary sulfonamides is 1. The van der Waals surface area contributed by atoms with Crippen LogP contribution in [0, 0.1) is 0 Å². The highest BCUT2D eigenvalue weighted by molar-refractivity contribution is 7.88. The Kier molecular flexibility index (Phi) is 5.26. The molecule has 0 atom stereocenters. The molecule has 0 radical (unpaired) electrons. The highest BCUT2D eigenvalue weighted by atomic mass is 32.2. The van der Waals surface area contributed by atoms with E-state index in [1.807, 2.05) is 25.2 Å². The number of nitrogens with two attached hydrogens (primary N) is 1. The Hall–Kier alpha value is -1.37. The van der Waals surface area contributed by atoms with Gasteiger partial charge >= 0.3 is 0 Å². The third-order valence-corrected chi connectivity index (χ3v) is 4.83. The Morgan fingerprint density at radius 2 is 1.91 bits per heavy atom. The first kappa shape index (κ1) is 17.0. The summed E-state index contributed by atoms with van der Waals surface area (Å²) in [4.78, 5) is 2.38. The molecule has 0 aliphatic heterocycles. The lowest BCUT2D eigenvalue weighted by Gasteiger charge is -2.17. The Morgan fingerprint density at radius 3 is 2.50 bits per heavy atom. The van der Waals surface area contributed by atoms with Crippen LogP contribution in [-0.2, 0) is 29.2 Å². The van der Waals surface area contributed by atoms with Gasteiger partial charge in [0.05, 0.1) is 5.75 Å². The third kappa shape index (κ3) is 4.09. The predicted molar refractivity (Wildman–Crippen MR) is 91.2 cm³/mol. The molecule has 0 saturated heterocycles. The van der Waals surface area contributed by atoms with E-state index >= 15 is 0 Å². The highest BCUT2D eigenvalue weighted by Gasteiger charge is 2.11. The van der Waals surface area contributed by atoms with E-state index in [0.29, 0.717) is 0 Å². The molecule has 22 heavy (non-hydrogen) atoms. The minimum atomic E-state index is -3.50. The summed E-state index contributed by atoms with van der Waals surface area (Å²) < 4.78 is 24.7. The average molecular weight is 323 g/mol. The molecule has 0 spiro atoms. The molecule has 1 aromatic heterocycles. The van der Waals surface area contributed by atoms with E-state index in [2.05, 4.69) is 29.5 Å². The second-order valence-electron chi connectivity index (χ2n) is 5.70. The molecule has 2 rings (SSSR count). The lowest BCUT2D eigenvalue weighted by atomic mass is 10.1. The van der Waals surface area contributed by atoms with Crippen LogP contribution in [-0.4, -0.2) is 37.5 Å². The second kappa shape index (κ2) is 6.81. The molecule has 0 saturated carbocycles. The van der Waals surface area contributed by atoms with E-state index in [-0.39, 0.29) is 5.75 Å². The molecule has 0 unspecified atom stereocenters. The number of aromatic nitrogens is 1. The first-order valence-corrected chi connectivity index (χ1v) is 9.35. The van der Waals surface area contributed by atoms with Crippen LogP contribution in [0.1, 0.15) is 25.0 Å². The van der Waals surface area contributed by atoms with E-state index in [1.54, 1.807) is 0 Å². The zero-order valence-electron chi connectivity index (χ0n) is 13.5. The van der Waals surface area contributed by atoms with Gasteiger partial charge in [0.15, 0.2) is 0 Å². The van der Waals surface area contributed by atoms with Crippen molar-refractivity contribution in [1.82, 2.24) is 9.47 Å². The summed E-state index contributed by atoms with van der Waals surface area (Å²) >= 11 is 0. The maximum atomic E-state index is 11.3. The van der Waals surface area contributed by atoms with Crippen LogP contribution in [0.3, 0.4) is 0 Å². The van der Waals surface area contributed by atoms with Gasteiger partial charge in [0.1, 0.15) is 0 Å². The van der Waals surface area contributed by atoms with Crippen LogP contribution < -0.4 is 5.14 Å². The molecule has 0 aliphatic carbocycles. The van der Waals surface area contributed by atoms with Gasteiger partial charge in [-0.25, -0.2) is 13.6 Å². The minimum absolute atomic E-state index is 0.118. The number of rotatable bonds is 7. The molecule has 0 amide bonds. The van der Waals surface area contributed by atoms with E-state index in [9.17, 15) is 8.42 Å². The van der Waals surface area contributed by atoms with Gasteiger partial charge in [-0.05, 0) is 42.8 Å². The molecule has 0 fully saturated rings. The van der Waals surface area contributed by atoms with Gasteiger partial charge in [0.25, 0.3) is 0 Å². The van der Waals surface area contributed by atoms with Crippen molar-refractivity contribution < 1.29 is 8.42 Å². The first-order chi connectivity index (χ1) is 10.3.